The van der Waals surface area contributed by atoms with Crippen LogP contribution in [0, 0.1) is 0 Å². The Morgan fingerprint density at radius 3 is 2.69 bits per heavy atom. The molecule has 1 atom stereocenters. The third-order valence-corrected chi connectivity index (χ3v) is 6.28. The number of benzene rings is 1. The summed E-state index contributed by atoms with van der Waals surface area (Å²) in [6.07, 6.45) is 6.98. The van der Waals surface area contributed by atoms with Crippen molar-refractivity contribution in [2.75, 3.05) is 13.1 Å². The second-order valence-electron chi connectivity index (χ2n) is 7.58. The molecule has 3 heterocycles. The summed E-state index contributed by atoms with van der Waals surface area (Å²) in [4.78, 5) is 31.8. The SMILES string of the molecule is O=C1O[C@]2(CCN(C(=O)C3(c4cccnc4)CCC3)C2)c2ccccc21. The maximum absolute atomic E-state index is 13.4. The summed E-state index contributed by atoms with van der Waals surface area (Å²) < 4.78 is 5.79. The summed E-state index contributed by atoms with van der Waals surface area (Å²) in [5.41, 5.74) is 1.42. The van der Waals surface area contributed by atoms with Gasteiger partial charge < -0.3 is 9.64 Å². The third kappa shape index (κ3) is 2.00. The highest BCUT2D eigenvalue weighted by molar-refractivity contribution is 5.95. The number of likely N-dealkylation sites (tertiary alicyclic amines) is 1. The molecule has 5 heteroatoms. The van der Waals surface area contributed by atoms with E-state index in [0.29, 0.717) is 25.1 Å². The highest BCUT2D eigenvalue weighted by atomic mass is 16.6. The molecule has 2 aromatic rings. The van der Waals surface area contributed by atoms with E-state index in [-0.39, 0.29) is 11.9 Å². The van der Waals surface area contributed by atoms with Crippen molar-refractivity contribution in [2.24, 2.45) is 0 Å². The van der Waals surface area contributed by atoms with Gasteiger partial charge in [-0.3, -0.25) is 9.78 Å². The van der Waals surface area contributed by atoms with Gasteiger partial charge in [0, 0.05) is 30.9 Å². The van der Waals surface area contributed by atoms with Gasteiger partial charge in [0.05, 0.1) is 17.5 Å². The molecule has 0 N–H and O–H groups in total. The van der Waals surface area contributed by atoms with E-state index < -0.39 is 11.0 Å². The Labute approximate surface area is 152 Å². The zero-order chi connectivity index (χ0) is 17.8. The van der Waals surface area contributed by atoms with E-state index in [2.05, 4.69) is 4.98 Å². The van der Waals surface area contributed by atoms with Crippen molar-refractivity contribution < 1.29 is 14.3 Å². The van der Waals surface area contributed by atoms with E-state index >= 15 is 0 Å². The van der Waals surface area contributed by atoms with Crippen LogP contribution in [0.3, 0.4) is 0 Å². The molecule has 0 bridgehead atoms. The number of carbonyl (C=O) groups is 2. The summed E-state index contributed by atoms with van der Waals surface area (Å²) in [6, 6.07) is 11.4. The minimum atomic E-state index is -0.677. The molecule has 132 valence electrons. The van der Waals surface area contributed by atoms with E-state index in [0.717, 1.165) is 30.4 Å². The Morgan fingerprint density at radius 1 is 1.12 bits per heavy atom. The predicted molar refractivity (Wildman–Crippen MR) is 94.5 cm³/mol. The van der Waals surface area contributed by atoms with Crippen LogP contribution in [-0.2, 0) is 20.5 Å². The molecular weight excluding hydrogens is 328 g/mol. The van der Waals surface area contributed by atoms with Crippen LogP contribution in [0.15, 0.2) is 48.8 Å². The molecule has 5 nitrogen and oxygen atoms in total. The molecule has 1 spiro atoms. The first-order valence-corrected chi connectivity index (χ1v) is 9.17. The average molecular weight is 348 g/mol. The van der Waals surface area contributed by atoms with E-state index in [4.69, 9.17) is 4.74 Å². The molecule has 1 saturated heterocycles. The van der Waals surface area contributed by atoms with Crippen LogP contribution in [0.2, 0.25) is 0 Å². The van der Waals surface area contributed by atoms with Gasteiger partial charge in [-0.25, -0.2) is 4.79 Å². The Balaban J connectivity index is 1.45. The largest absolute Gasteiger partial charge is 0.449 e. The number of hydrogen-bond donors (Lipinski definition) is 0. The van der Waals surface area contributed by atoms with Gasteiger partial charge in [-0.1, -0.05) is 30.7 Å². The van der Waals surface area contributed by atoms with Crippen molar-refractivity contribution in [1.29, 1.82) is 0 Å². The first-order valence-electron chi connectivity index (χ1n) is 9.17. The molecule has 1 aromatic heterocycles. The fourth-order valence-electron chi connectivity index (χ4n) is 4.71. The monoisotopic (exact) mass is 348 g/mol. The number of hydrogen-bond acceptors (Lipinski definition) is 4. The standard InChI is InChI=1S/C21H20N2O3/c24-18-16-6-1-2-7-17(16)21(26-18)10-12-23(14-21)19(25)20(8-4-9-20)15-5-3-11-22-13-15/h1-3,5-7,11,13H,4,8-10,12,14H2/t21-/m0/s1. The Kier molecular flexibility index (Phi) is 3.23. The lowest BCUT2D eigenvalue weighted by molar-refractivity contribution is -0.141. The van der Waals surface area contributed by atoms with Crippen molar-refractivity contribution in [3.05, 3.63) is 65.5 Å². The minimum Gasteiger partial charge on any atom is -0.449 e. The Morgan fingerprint density at radius 2 is 1.96 bits per heavy atom. The van der Waals surface area contributed by atoms with Gasteiger partial charge in [-0.15, -0.1) is 0 Å². The number of nitrogens with zero attached hydrogens (tertiary/aromatic N) is 2. The zero-order valence-electron chi connectivity index (χ0n) is 14.5. The van der Waals surface area contributed by atoms with E-state index in [1.54, 1.807) is 12.3 Å². The normalized spacial score (nSPS) is 25.7. The van der Waals surface area contributed by atoms with Crippen LogP contribution in [-0.4, -0.2) is 34.8 Å². The second kappa shape index (κ2) is 5.40. The molecule has 1 saturated carbocycles. The lowest BCUT2D eigenvalue weighted by Gasteiger charge is -2.43. The van der Waals surface area contributed by atoms with Gasteiger partial charge >= 0.3 is 5.97 Å². The smallest absolute Gasteiger partial charge is 0.339 e. The topological polar surface area (TPSA) is 59.5 Å². The number of pyridine rings is 1. The van der Waals surface area contributed by atoms with Crippen molar-refractivity contribution in [3.63, 3.8) is 0 Å². The molecule has 1 aliphatic carbocycles. The van der Waals surface area contributed by atoms with Gasteiger partial charge in [0.1, 0.15) is 0 Å². The lowest BCUT2D eigenvalue weighted by Crippen LogP contribution is -2.51. The number of aromatic nitrogens is 1. The van der Waals surface area contributed by atoms with Crippen molar-refractivity contribution in [2.45, 2.75) is 36.7 Å². The van der Waals surface area contributed by atoms with E-state index in [1.165, 1.54) is 0 Å². The molecule has 0 unspecified atom stereocenters. The number of rotatable bonds is 2. The third-order valence-electron chi connectivity index (χ3n) is 6.28. The van der Waals surface area contributed by atoms with Gasteiger partial charge in [0.2, 0.25) is 5.91 Å². The van der Waals surface area contributed by atoms with Crippen LogP contribution in [0.25, 0.3) is 0 Å². The molecule has 2 aliphatic heterocycles. The highest BCUT2D eigenvalue weighted by Crippen LogP contribution is 2.48. The molecule has 0 radical (unpaired) electrons. The number of carbonyl (C=O) groups excluding carboxylic acids is 2. The maximum atomic E-state index is 13.4. The fourth-order valence-corrected chi connectivity index (χ4v) is 4.71. The second-order valence-corrected chi connectivity index (χ2v) is 7.58. The first kappa shape index (κ1) is 15.6. The lowest BCUT2D eigenvalue weighted by atomic mass is 9.64. The van der Waals surface area contributed by atoms with Gasteiger partial charge in [0.15, 0.2) is 5.60 Å². The number of amides is 1. The van der Waals surface area contributed by atoms with Crippen LogP contribution < -0.4 is 0 Å². The molecule has 5 rings (SSSR count). The molecule has 1 aromatic carbocycles. The highest BCUT2D eigenvalue weighted by Gasteiger charge is 2.55. The zero-order valence-corrected chi connectivity index (χ0v) is 14.5. The van der Waals surface area contributed by atoms with Crippen LogP contribution in [0.4, 0.5) is 0 Å². The molecular formula is C21H20N2O3. The summed E-state index contributed by atoms with van der Waals surface area (Å²) in [6.45, 7) is 1.05. The average Bonchev–Trinajstić information content (AvgIpc) is 3.18. The van der Waals surface area contributed by atoms with Gasteiger partial charge in [0.25, 0.3) is 0 Å². The van der Waals surface area contributed by atoms with Crippen LogP contribution >= 0.6 is 0 Å². The number of fused-ring (bicyclic) bond motifs is 2. The fraction of sp³-hybridized carbons (Fsp3) is 0.381. The molecule has 3 aliphatic rings. The van der Waals surface area contributed by atoms with Gasteiger partial charge in [-0.2, -0.15) is 0 Å². The number of ether oxygens (including phenoxy) is 1. The number of esters is 1. The summed E-state index contributed by atoms with van der Waals surface area (Å²) in [5.74, 6) is -0.130. The van der Waals surface area contributed by atoms with Crippen molar-refractivity contribution in [3.8, 4) is 0 Å². The first-order chi connectivity index (χ1) is 12.6. The molecule has 26 heavy (non-hydrogen) atoms. The molecule has 2 fully saturated rings. The van der Waals surface area contributed by atoms with Crippen molar-refractivity contribution >= 4 is 11.9 Å². The summed E-state index contributed by atoms with van der Waals surface area (Å²) >= 11 is 0. The van der Waals surface area contributed by atoms with Crippen molar-refractivity contribution in [1.82, 2.24) is 9.88 Å². The van der Waals surface area contributed by atoms with Gasteiger partial charge in [-0.05, 0) is 30.5 Å². The van der Waals surface area contributed by atoms with E-state index in [9.17, 15) is 9.59 Å². The molecule has 1 amide bonds. The van der Waals surface area contributed by atoms with Crippen LogP contribution in [0.5, 0.6) is 0 Å². The Hall–Kier alpha value is -2.69. The maximum Gasteiger partial charge on any atom is 0.339 e. The Bertz CT molecular complexity index is 891. The summed E-state index contributed by atoms with van der Waals surface area (Å²) in [7, 11) is 0. The minimum absolute atomic E-state index is 0.147. The quantitative estimate of drug-likeness (QED) is 0.783. The summed E-state index contributed by atoms with van der Waals surface area (Å²) in [5, 5.41) is 0. The predicted octanol–water partition coefficient (Wildman–Crippen LogP) is 2.80. The van der Waals surface area contributed by atoms with E-state index in [1.807, 2.05) is 41.4 Å². The van der Waals surface area contributed by atoms with Crippen LogP contribution in [0.1, 0.15) is 47.2 Å².